The fourth-order valence-electron chi connectivity index (χ4n) is 2.81. The first kappa shape index (κ1) is 21.7. The van der Waals surface area contributed by atoms with Crippen molar-refractivity contribution in [1.29, 1.82) is 0 Å². The maximum atomic E-state index is 12.6. The zero-order valence-electron chi connectivity index (χ0n) is 15.7. The Hall–Kier alpha value is -2.60. The second-order valence-electron chi connectivity index (χ2n) is 6.24. The molecule has 2 amide bonds. The Balaban J connectivity index is 2.18. The van der Waals surface area contributed by atoms with Gasteiger partial charge < -0.3 is 5.32 Å². The number of amides is 2. The van der Waals surface area contributed by atoms with Crippen LogP contribution in [0.4, 0.5) is 18.0 Å². The summed E-state index contributed by atoms with van der Waals surface area (Å²) in [5.74, 6) is 0. The van der Waals surface area contributed by atoms with Crippen LogP contribution in [-0.4, -0.2) is 11.7 Å². The predicted molar refractivity (Wildman–Crippen MR) is 107 cm³/mol. The Kier molecular flexibility index (Phi) is 6.67. The molecule has 0 aliphatic rings. The number of aliphatic imine (C=N–C) groups is 1. The third-order valence-corrected chi connectivity index (χ3v) is 4.68. The number of aryl methyl sites for hydroxylation is 1. The van der Waals surface area contributed by atoms with Crippen LogP contribution in [0.2, 0.25) is 5.02 Å². The smallest absolute Gasteiger partial charge is 0.306 e. The number of nitrogens with zero attached hydrogens (tertiary/aromatic N) is 1. The van der Waals surface area contributed by atoms with Crippen LogP contribution in [0, 0.1) is 6.92 Å². The molecule has 0 bridgehead atoms. The van der Waals surface area contributed by atoms with Gasteiger partial charge in [0, 0.05) is 11.3 Å². The molecule has 0 spiro atoms. The van der Waals surface area contributed by atoms with E-state index < -0.39 is 17.8 Å². The summed E-state index contributed by atoms with van der Waals surface area (Å²) in [5, 5.41) is 3.04. The molecule has 2 rings (SSSR count). The number of carbonyl (C=O) groups is 1. The minimum Gasteiger partial charge on any atom is -0.306 e. The van der Waals surface area contributed by atoms with Crippen LogP contribution >= 0.6 is 11.6 Å². The molecule has 0 atom stereocenters. The van der Waals surface area contributed by atoms with Crippen LogP contribution in [-0.2, 0) is 12.6 Å². The number of hydrogen-bond donors (Lipinski definition) is 1. The molecule has 0 aliphatic heterocycles. The number of urea groups is 1. The lowest BCUT2D eigenvalue weighted by molar-refractivity contribution is -0.137. The first-order valence-electron chi connectivity index (χ1n) is 8.55. The number of hydrogen-bond acceptors (Lipinski definition) is 1. The third-order valence-electron chi connectivity index (χ3n) is 4.37. The molecule has 0 aliphatic carbocycles. The summed E-state index contributed by atoms with van der Waals surface area (Å²) in [7, 11) is 0. The quantitative estimate of drug-likeness (QED) is 0.583. The van der Waals surface area contributed by atoms with E-state index in [-0.39, 0.29) is 5.71 Å². The van der Waals surface area contributed by atoms with E-state index in [4.69, 9.17) is 11.6 Å². The van der Waals surface area contributed by atoms with E-state index in [9.17, 15) is 18.0 Å². The highest BCUT2D eigenvalue weighted by Gasteiger charge is 2.30. The van der Waals surface area contributed by atoms with Gasteiger partial charge in [0.05, 0.1) is 16.3 Å². The van der Waals surface area contributed by atoms with Crippen LogP contribution < -0.4 is 5.32 Å². The molecule has 0 unspecified atom stereocenters. The van der Waals surface area contributed by atoms with Crippen LogP contribution in [0.3, 0.4) is 0 Å². The van der Waals surface area contributed by atoms with Crippen LogP contribution in [0.5, 0.6) is 0 Å². The average Bonchev–Trinajstić information content (AvgIpc) is 2.61. The van der Waals surface area contributed by atoms with Crippen molar-refractivity contribution < 1.29 is 18.0 Å². The molecule has 0 saturated heterocycles. The monoisotopic (exact) mass is 408 g/mol. The Morgan fingerprint density at radius 2 is 1.79 bits per heavy atom. The zero-order valence-corrected chi connectivity index (χ0v) is 16.5. The average molecular weight is 409 g/mol. The summed E-state index contributed by atoms with van der Waals surface area (Å²) in [6.07, 6.45) is -3.61. The lowest BCUT2D eigenvalue weighted by Gasteiger charge is -2.15. The fourth-order valence-corrected chi connectivity index (χ4v) is 3.13. The number of carbonyl (C=O) groups excluding carboxylic acids is 1. The molecule has 7 heteroatoms. The number of rotatable bonds is 4. The highest BCUT2D eigenvalue weighted by molar-refractivity contribution is 6.32. The van der Waals surface area contributed by atoms with Gasteiger partial charge >= 0.3 is 12.2 Å². The van der Waals surface area contributed by atoms with Gasteiger partial charge in [0.2, 0.25) is 0 Å². The highest BCUT2D eigenvalue weighted by atomic mass is 35.5. The summed E-state index contributed by atoms with van der Waals surface area (Å²) >= 11 is 6.25. The van der Waals surface area contributed by atoms with E-state index in [1.54, 1.807) is 13.0 Å². The van der Waals surface area contributed by atoms with Crippen molar-refractivity contribution in [2.75, 3.05) is 0 Å². The summed E-state index contributed by atoms with van der Waals surface area (Å²) in [6, 6.07) is 7.43. The van der Waals surface area contributed by atoms with E-state index >= 15 is 0 Å². The van der Waals surface area contributed by atoms with Crippen molar-refractivity contribution in [2.45, 2.75) is 33.4 Å². The molecule has 0 aromatic heterocycles. The van der Waals surface area contributed by atoms with Gasteiger partial charge in [-0.3, -0.25) is 0 Å². The lowest BCUT2D eigenvalue weighted by Crippen LogP contribution is -2.20. The number of halogens is 4. The second-order valence-corrected chi connectivity index (χ2v) is 6.65. The van der Waals surface area contributed by atoms with Gasteiger partial charge in [0.15, 0.2) is 0 Å². The molecule has 28 heavy (non-hydrogen) atoms. The Bertz CT molecular complexity index is 932. The van der Waals surface area contributed by atoms with Gasteiger partial charge in [-0.25, -0.2) is 4.79 Å². The molecule has 0 saturated carbocycles. The maximum Gasteiger partial charge on any atom is 0.416 e. The molecule has 3 nitrogen and oxygen atoms in total. The Morgan fingerprint density at radius 1 is 1.18 bits per heavy atom. The van der Waals surface area contributed by atoms with E-state index in [1.807, 2.05) is 19.9 Å². The van der Waals surface area contributed by atoms with E-state index in [2.05, 4.69) is 16.9 Å². The zero-order chi connectivity index (χ0) is 21.1. The molecule has 2 aromatic rings. The van der Waals surface area contributed by atoms with Gasteiger partial charge in [-0.1, -0.05) is 43.3 Å². The molecule has 1 N–H and O–H groups in total. The van der Waals surface area contributed by atoms with Crippen molar-refractivity contribution in [3.8, 4) is 0 Å². The molecule has 148 valence electrons. The standard InChI is InChI=1S/C21H20ClF3N2O/c1-5-15-8-11-18(22)19(12(15)2)14(4)27-20(28)26-13(3)16-6-9-17(10-7-16)21(23,24)25/h6-11H,4-5H2,1-3H3,(H,27,28)/b26-13+. The molecular formula is C21H20ClF3N2O. The highest BCUT2D eigenvalue weighted by Crippen LogP contribution is 2.29. The van der Waals surface area contributed by atoms with Crippen molar-refractivity contribution in [3.63, 3.8) is 0 Å². The Morgan fingerprint density at radius 3 is 2.32 bits per heavy atom. The van der Waals surface area contributed by atoms with Crippen LogP contribution in [0.15, 0.2) is 48.0 Å². The van der Waals surface area contributed by atoms with E-state index in [0.29, 0.717) is 21.8 Å². The summed E-state index contributed by atoms with van der Waals surface area (Å²) in [5.41, 5.74) is 2.88. The SMILES string of the molecule is C=C(NC(=O)/N=C(\C)c1ccc(C(F)(F)F)cc1)c1c(Cl)ccc(CC)c1C. The van der Waals surface area contributed by atoms with Crippen molar-refractivity contribution in [1.82, 2.24) is 5.32 Å². The molecular weight excluding hydrogens is 389 g/mol. The largest absolute Gasteiger partial charge is 0.416 e. The molecule has 0 heterocycles. The summed E-state index contributed by atoms with van der Waals surface area (Å²) < 4.78 is 37.9. The lowest BCUT2D eigenvalue weighted by atomic mass is 9.99. The number of nitrogens with one attached hydrogen (secondary N) is 1. The van der Waals surface area contributed by atoms with Gasteiger partial charge in [-0.15, -0.1) is 0 Å². The topological polar surface area (TPSA) is 41.5 Å². The van der Waals surface area contributed by atoms with Crippen molar-refractivity contribution in [3.05, 3.63) is 75.8 Å². The minimum absolute atomic E-state index is 0.282. The van der Waals surface area contributed by atoms with E-state index in [0.717, 1.165) is 29.7 Å². The number of benzene rings is 2. The Labute approximate surface area is 166 Å². The van der Waals surface area contributed by atoms with Crippen LogP contribution in [0.1, 0.15) is 41.7 Å². The first-order chi connectivity index (χ1) is 13.0. The predicted octanol–water partition coefficient (Wildman–Crippen LogP) is 6.42. The molecule has 2 aromatic carbocycles. The first-order valence-corrected chi connectivity index (χ1v) is 8.93. The normalized spacial score (nSPS) is 12.0. The summed E-state index contributed by atoms with van der Waals surface area (Å²) in [4.78, 5) is 16.1. The van der Waals surface area contributed by atoms with Crippen LogP contribution in [0.25, 0.3) is 5.70 Å². The van der Waals surface area contributed by atoms with Gasteiger partial charge in [0.25, 0.3) is 0 Å². The van der Waals surface area contributed by atoms with E-state index in [1.165, 1.54) is 12.1 Å². The molecule has 0 radical (unpaired) electrons. The van der Waals surface area contributed by atoms with Gasteiger partial charge in [0.1, 0.15) is 0 Å². The summed E-state index contributed by atoms with van der Waals surface area (Å²) in [6.45, 7) is 9.32. The molecule has 0 fully saturated rings. The van der Waals surface area contributed by atoms with Crippen molar-refractivity contribution >= 4 is 29.0 Å². The fraction of sp³-hybridized carbons (Fsp3) is 0.238. The van der Waals surface area contributed by atoms with Gasteiger partial charge in [-0.05, 0) is 55.2 Å². The maximum absolute atomic E-state index is 12.6. The van der Waals surface area contributed by atoms with Gasteiger partial charge in [-0.2, -0.15) is 18.2 Å². The minimum atomic E-state index is -4.41. The third kappa shape index (κ3) is 5.01. The van der Waals surface area contributed by atoms with Crippen molar-refractivity contribution in [2.24, 2.45) is 4.99 Å². The second kappa shape index (κ2) is 8.61. The number of alkyl halides is 3.